The minimum atomic E-state index is -0.787. The Morgan fingerprint density at radius 3 is 0.795 bits per heavy atom. The molecule has 1 unspecified atom stereocenters. The second-order valence-corrected chi connectivity index (χ2v) is 21.6. The molecule has 0 heterocycles. The van der Waals surface area contributed by atoms with Gasteiger partial charge >= 0.3 is 17.9 Å². The van der Waals surface area contributed by atoms with E-state index in [-0.39, 0.29) is 31.1 Å². The van der Waals surface area contributed by atoms with Crippen molar-refractivity contribution in [3.63, 3.8) is 0 Å². The minimum Gasteiger partial charge on any atom is -0.462 e. The van der Waals surface area contributed by atoms with Crippen LogP contribution in [-0.2, 0) is 28.6 Å². The van der Waals surface area contributed by atoms with Crippen LogP contribution >= 0.6 is 0 Å². The number of carbonyl (C=O) groups is 3. The summed E-state index contributed by atoms with van der Waals surface area (Å²) in [6.45, 7) is 6.40. The Morgan fingerprint density at radius 2 is 0.500 bits per heavy atom. The van der Waals surface area contributed by atoms with Gasteiger partial charge in [-0.3, -0.25) is 14.4 Å². The van der Waals surface area contributed by atoms with Gasteiger partial charge in [-0.05, 0) is 122 Å². The van der Waals surface area contributed by atoms with Gasteiger partial charge < -0.3 is 14.2 Å². The van der Waals surface area contributed by atoms with Crippen molar-refractivity contribution in [2.75, 3.05) is 13.2 Å². The molecule has 0 N–H and O–H groups in total. The molecule has 0 spiro atoms. The molecule has 1 atom stereocenters. The molecular formula is C72H122O6. The average molecular weight is 1080 g/mol. The quantitative estimate of drug-likeness (QED) is 0.0261. The SMILES string of the molecule is CC/C=C\C/C=C\C/C=C\C/C=C\CCCCCCCCCCCCCCC(=O)OCC(COC(=O)CCCCCCC/C=C\CCCCC)OC(=O)CCCCCCCCCCCC/C=C\C/C=C\C/C=C\C/C=C\CC. The summed E-state index contributed by atoms with van der Waals surface area (Å²) in [5.41, 5.74) is 0. The fourth-order valence-electron chi connectivity index (χ4n) is 9.13. The van der Waals surface area contributed by atoms with Gasteiger partial charge in [-0.1, -0.05) is 278 Å². The number of esters is 3. The van der Waals surface area contributed by atoms with Crippen LogP contribution in [0.5, 0.6) is 0 Å². The fraction of sp³-hybridized carbons (Fsp3) is 0.708. The van der Waals surface area contributed by atoms with E-state index in [1.54, 1.807) is 0 Å². The Hall–Kier alpha value is -3.93. The molecule has 6 nitrogen and oxygen atoms in total. The smallest absolute Gasteiger partial charge is 0.306 e. The van der Waals surface area contributed by atoms with E-state index < -0.39 is 6.10 Å². The predicted octanol–water partition coefficient (Wildman–Crippen LogP) is 22.6. The van der Waals surface area contributed by atoms with Crippen molar-refractivity contribution in [3.8, 4) is 0 Å². The van der Waals surface area contributed by atoms with Crippen molar-refractivity contribution < 1.29 is 28.6 Å². The second kappa shape index (κ2) is 65.6. The van der Waals surface area contributed by atoms with Crippen LogP contribution in [0.3, 0.4) is 0 Å². The number of carbonyl (C=O) groups excluding carboxylic acids is 3. The summed E-state index contributed by atoms with van der Waals surface area (Å²) in [5, 5.41) is 0. The van der Waals surface area contributed by atoms with E-state index in [0.29, 0.717) is 19.3 Å². The monoisotopic (exact) mass is 1080 g/mol. The summed E-state index contributed by atoms with van der Waals surface area (Å²) < 4.78 is 16.9. The van der Waals surface area contributed by atoms with Gasteiger partial charge in [0, 0.05) is 19.3 Å². The fourth-order valence-corrected chi connectivity index (χ4v) is 9.13. The number of unbranched alkanes of at least 4 members (excludes halogenated alkanes) is 30. The predicted molar refractivity (Wildman–Crippen MR) is 339 cm³/mol. The third-order valence-corrected chi connectivity index (χ3v) is 14.0. The first-order chi connectivity index (χ1) is 38.5. The van der Waals surface area contributed by atoms with Crippen LogP contribution in [0.15, 0.2) is 109 Å². The largest absolute Gasteiger partial charge is 0.462 e. The molecular weight excluding hydrogens is 961 g/mol. The highest BCUT2D eigenvalue weighted by Crippen LogP contribution is 2.16. The van der Waals surface area contributed by atoms with E-state index >= 15 is 0 Å². The molecule has 0 aliphatic rings. The second-order valence-electron chi connectivity index (χ2n) is 21.6. The van der Waals surface area contributed by atoms with Crippen LogP contribution in [0.4, 0.5) is 0 Å². The van der Waals surface area contributed by atoms with E-state index in [2.05, 4.69) is 130 Å². The summed E-state index contributed by atoms with van der Waals surface area (Å²) in [6, 6.07) is 0. The molecule has 446 valence electrons. The van der Waals surface area contributed by atoms with Crippen LogP contribution < -0.4 is 0 Å². The highest BCUT2D eigenvalue weighted by atomic mass is 16.6. The molecule has 78 heavy (non-hydrogen) atoms. The summed E-state index contributed by atoms with van der Waals surface area (Å²) >= 11 is 0. The van der Waals surface area contributed by atoms with Crippen LogP contribution in [-0.4, -0.2) is 37.2 Å². The summed E-state index contributed by atoms with van der Waals surface area (Å²) in [4.78, 5) is 38.3. The topological polar surface area (TPSA) is 78.9 Å². The Labute approximate surface area is 482 Å². The molecule has 0 saturated carbocycles. The van der Waals surface area contributed by atoms with Crippen molar-refractivity contribution in [2.45, 2.75) is 316 Å². The van der Waals surface area contributed by atoms with Crippen LogP contribution in [0.1, 0.15) is 310 Å². The Balaban J connectivity index is 4.30. The molecule has 0 aliphatic carbocycles. The third kappa shape index (κ3) is 62.9. The molecule has 0 amide bonds. The van der Waals surface area contributed by atoms with Crippen LogP contribution in [0.2, 0.25) is 0 Å². The maximum absolute atomic E-state index is 12.9. The van der Waals surface area contributed by atoms with E-state index in [9.17, 15) is 14.4 Å². The van der Waals surface area contributed by atoms with Crippen molar-refractivity contribution in [2.24, 2.45) is 0 Å². The first kappa shape index (κ1) is 74.1. The van der Waals surface area contributed by atoms with Crippen LogP contribution in [0.25, 0.3) is 0 Å². The zero-order valence-electron chi connectivity index (χ0n) is 51.2. The molecule has 0 fully saturated rings. The zero-order chi connectivity index (χ0) is 56.4. The van der Waals surface area contributed by atoms with Gasteiger partial charge in [-0.2, -0.15) is 0 Å². The molecule has 0 radical (unpaired) electrons. The van der Waals surface area contributed by atoms with E-state index in [0.717, 1.165) is 116 Å². The highest BCUT2D eigenvalue weighted by molar-refractivity contribution is 5.71. The molecule has 0 aromatic heterocycles. The van der Waals surface area contributed by atoms with Gasteiger partial charge in [0.1, 0.15) is 13.2 Å². The summed E-state index contributed by atoms with van der Waals surface area (Å²) in [6.07, 6.45) is 89.5. The first-order valence-corrected chi connectivity index (χ1v) is 32.9. The molecule has 0 aromatic rings. The van der Waals surface area contributed by atoms with Gasteiger partial charge in [0.15, 0.2) is 6.10 Å². The Morgan fingerprint density at radius 1 is 0.269 bits per heavy atom. The first-order valence-electron chi connectivity index (χ1n) is 32.9. The lowest BCUT2D eigenvalue weighted by Crippen LogP contribution is -2.30. The van der Waals surface area contributed by atoms with E-state index in [1.807, 2.05) is 0 Å². The molecule has 6 heteroatoms. The molecule has 0 aliphatic heterocycles. The van der Waals surface area contributed by atoms with Gasteiger partial charge in [-0.25, -0.2) is 0 Å². The number of hydrogen-bond acceptors (Lipinski definition) is 6. The highest BCUT2D eigenvalue weighted by Gasteiger charge is 2.19. The average Bonchev–Trinajstić information content (AvgIpc) is 3.44. The maximum Gasteiger partial charge on any atom is 0.306 e. The van der Waals surface area contributed by atoms with E-state index in [1.165, 1.54) is 154 Å². The maximum atomic E-state index is 12.9. The van der Waals surface area contributed by atoms with Gasteiger partial charge in [-0.15, -0.1) is 0 Å². The van der Waals surface area contributed by atoms with Crippen LogP contribution in [0, 0.1) is 0 Å². The lowest BCUT2D eigenvalue weighted by Gasteiger charge is -2.18. The van der Waals surface area contributed by atoms with Crippen molar-refractivity contribution in [3.05, 3.63) is 109 Å². The molecule has 0 saturated heterocycles. The zero-order valence-corrected chi connectivity index (χ0v) is 51.2. The Kier molecular flexibility index (Phi) is 62.3. The molecule has 0 rings (SSSR count). The Bertz CT molecular complexity index is 1570. The van der Waals surface area contributed by atoms with Crippen molar-refractivity contribution >= 4 is 17.9 Å². The summed E-state index contributed by atoms with van der Waals surface area (Å²) in [7, 11) is 0. The van der Waals surface area contributed by atoms with E-state index in [4.69, 9.17) is 14.2 Å². The lowest BCUT2D eigenvalue weighted by molar-refractivity contribution is -0.167. The summed E-state index contributed by atoms with van der Waals surface area (Å²) in [5.74, 6) is -0.889. The minimum absolute atomic E-state index is 0.0827. The normalized spacial score (nSPS) is 12.8. The van der Waals surface area contributed by atoms with Crippen molar-refractivity contribution in [1.82, 2.24) is 0 Å². The third-order valence-electron chi connectivity index (χ3n) is 14.0. The lowest BCUT2D eigenvalue weighted by atomic mass is 10.0. The molecule has 0 aromatic carbocycles. The van der Waals surface area contributed by atoms with Crippen molar-refractivity contribution in [1.29, 1.82) is 0 Å². The number of allylic oxidation sites excluding steroid dienone is 18. The van der Waals surface area contributed by atoms with Gasteiger partial charge in [0.2, 0.25) is 0 Å². The number of ether oxygens (including phenoxy) is 3. The van der Waals surface area contributed by atoms with Gasteiger partial charge in [0.05, 0.1) is 0 Å². The number of hydrogen-bond donors (Lipinski definition) is 0. The molecule has 0 bridgehead atoms. The standard InChI is InChI=1S/C72H122O6/c1-4-7-10-13-16-19-22-25-27-29-31-33-35-36-38-39-41-43-45-47-50-53-56-59-62-65-71(74)77-68-69(67-76-70(73)64-61-58-55-52-49-24-21-18-15-12-9-6-3)78-72(75)66-63-60-57-54-51-48-46-44-42-40-37-34-32-30-28-26-23-20-17-14-11-8-5-2/h7-8,10-11,16-21,25-28,31-34,69H,4-6,9,12-15,22-24,29-30,35-68H2,1-3H3/b10-7-,11-8-,19-16-,20-17-,21-18-,27-25-,28-26-,33-31-,34-32-. The number of rotatable bonds is 59. The van der Waals surface area contributed by atoms with Gasteiger partial charge in [0.25, 0.3) is 0 Å².